The maximum absolute atomic E-state index is 12.0. The van der Waals surface area contributed by atoms with Gasteiger partial charge in [0.2, 0.25) is 0 Å². The van der Waals surface area contributed by atoms with Gasteiger partial charge in [-0.3, -0.25) is 0 Å². The van der Waals surface area contributed by atoms with Crippen molar-refractivity contribution in [1.82, 2.24) is 9.97 Å². The minimum absolute atomic E-state index is 0.0133. The molecule has 0 amide bonds. The van der Waals surface area contributed by atoms with Crippen molar-refractivity contribution in [3.63, 3.8) is 0 Å². The molecule has 2 aromatic heterocycles. The Balaban J connectivity index is 1.29. The molecule has 2 aliphatic rings. The summed E-state index contributed by atoms with van der Waals surface area (Å²) < 4.78 is 18.7. The number of nitrogens with one attached hydrogen (secondary N) is 1. The molecule has 0 radical (unpaired) electrons. The maximum atomic E-state index is 12.0. The fraction of sp³-hybridized carbons (Fsp3) is 0.409. The van der Waals surface area contributed by atoms with Crippen LogP contribution in [0.4, 0.5) is 17.3 Å². The summed E-state index contributed by atoms with van der Waals surface area (Å²) in [6, 6.07) is 10.0. The number of ether oxygens (including phenoxy) is 3. The Kier molecular flexibility index (Phi) is 5.67. The van der Waals surface area contributed by atoms with E-state index in [1.807, 2.05) is 31.2 Å². The Morgan fingerprint density at radius 3 is 2.77 bits per heavy atom. The van der Waals surface area contributed by atoms with Gasteiger partial charge in [-0.2, -0.15) is 0 Å². The van der Waals surface area contributed by atoms with Crippen molar-refractivity contribution in [1.29, 1.82) is 0 Å². The summed E-state index contributed by atoms with van der Waals surface area (Å²) in [5.41, 5.74) is 0.922. The Labute approximate surface area is 186 Å². The van der Waals surface area contributed by atoms with E-state index < -0.39 is 5.79 Å². The fourth-order valence-corrected chi connectivity index (χ4v) is 5.99. The van der Waals surface area contributed by atoms with E-state index in [1.54, 1.807) is 6.33 Å². The molecule has 9 heteroatoms. The van der Waals surface area contributed by atoms with Crippen LogP contribution in [0.2, 0.25) is 0 Å². The fourth-order valence-electron chi connectivity index (χ4n) is 4.02. The van der Waals surface area contributed by atoms with Crippen molar-refractivity contribution in [3.05, 3.63) is 41.1 Å². The molecule has 4 heterocycles. The summed E-state index contributed by atoms with van der Waals surface area (Å²) >= 11 is -0.0133. The molecule has 8 nitrogen and oxygen atoms in total. The number of aromatic nitrogens is 2. The summed E-state index contributed by atoms with van der Waals surface area (Å²) in [6.45, 7) is 5.24. The summed E-state index contributed by atoms with van der Waals surface area (Å²) in [4.78, 5) is 23.1. The number of anilines is 3. The SMILES string of the molecule is CCOC(=O)c1cc2cc(Nc3cc(N4CCC5(CC4)OCCO5)ncn3)ccc2[se]1. The van der Waals surface area contributed by atoms with Crippen LogP contribution in [0.1, 0.15) is 29.0 Å². The van der Waals surface area contributed by atoms with Crippen LogP contribution in [0.15, 0.2) is 36.7 Å². The number of nitrogens with zero attached hydrogens (tertiary/aromatic N) is 3. The van der Waals surface area contributed by atoms with Gasteiger partial charge in [0.1, 0.15) is 0 Å². The Morgan fingerprint density at radius 1 is 1.19 bits per heavy atom. The van der Waals surface area contributed by atoms with E-state index in [4.69, 9.17) is 14.2 Å². The third-order valence-corrected chi connectivity index (χ3v) is 7.88. The van der Waals surface area contributed by atoms with Crippen molar-refractivity contribution < 1.29 is 19.0 Å². The standard InChI is InChI=1S/C22H24N4O4Se/c1-2-28-21(27)18-12-15-11-16(3-4-17(15)31-18)25-19-13-20(24-14-23-19)26-7-5-22(6-8-26)29-9-10-30-22/h3-4,11-14H,2,5-10H2,1H3,(H,23,24,25). The van der Waals surface area contributed by atoms with Gasteiger partial charge in [0.05, 0.1) is 13.2 Å². The number of esters is 1. The zero-order valence-corrected chi connectivity index (χ0v) is 19.0. The number of hydrogen-bond acceptors (Lipinski definition) is 8. The van der Waals surface area contributed by atoms with Crippen LogP contribution in [-0.4, -0.2) is 69.1 Å². The number of rotatable bonds is 5. The molecule has 2 saturated heterocycles. The average molecular weight is 487 g/mol. The van der Waals surface area contributed by atoms with Gasteiger partial charge in [-0.05, 0) is 0 Å². The van der Waals surface area contributed by atoms with E-state index in [1.165, 1.54) is 4.26 Å². The summed E-state index contributed by atoms with van der Waals surface area (Å²) in [5, 5.41) is 4.42. The van der Waals surface area contributed by atoms with Gasteiger partial charge in [-0.1, -0.05) is 0 Å². The van der Waals surface area contributed by atoms with E-state index >= 15 is 0 Å². The van der Waals surface area contributed by atoms with Crippen LogP contribution >= 0.6 is 0 Å². The van der Waals surface area contributed by atoms with Crippen molar-refractivity contribution in [3.8, 4) is 0 Å². The molecule has 162 valence electrons. The van der Waals surface area contributed by atoms with Crippen LogP contribution < -0.4 is 10.2 Å². The van der Waals surface area contributed by atoms with Gasteiger partial charge < -0.3 is 9.47 Å². The summed E-state index contributed by atoms with van der Waals surface area (Å²) in [7, 11) is 0. The Morgan fingerprint density at radius 2 is 2.00 bits per heavy atom. The molecule has 1 N–H and O–H groups in total. The van der Waals surface area contributed by atoms with Gasteiger partial charge in [0.15, 0.2) is 0 Å². The molecule has 0 saturated carbocycles. The quantitative estimate of drug-likeness (QED) is 0.435. The second kappa shape index (κ2) is 8.59. The minimum atomic E-state index is -0.396. The van der Waals surface area contributed by atoms with Crippen LogP contribution in [-0.2, 0) is 14.2 Å². The topological polar surface area (TPSA) is 85.8 Å². The van der Waals surface area contributed by atoms with Crippen LogP contribution in [0.5, 0.6) is 0 Å². The second-order valence-corrected chi connectivity index (χ2v) is 9.84. The molecule has 1 spiro atoms. The zero-order valence-electron chi connectivity index (χ0n) is 17.3. The first kappa shape index (κ1) is 20.5. The first-order chi connectivity index (χ1) is 15.1. The molecule has 3 aromatic rings. The predicted octanol–water partition coefficient (Wildman–Crippen LogP) is 2.95. The monoisotopic (exact) mass is 488 g/mol. The Hall–Kier alpha value is -2.45. The average Bonchev–Trinajstić information content (AvgIpc) is 3.42. The number of carbonyl (C=O) groups is 1. The molecular formula is C22H24N4O4Se. The van der Waals surface area contributed by atoms with Crippen molar-refractivity contribution >= 4 is 47.4 Å². The number of piperidine rings is 1. The van der Waals surface area contributed by atoms with Crippen LogP contribution in [0.3, 0.4) is 0 Å². The van der Waals surface area contributed by atoms with Gasteiger partial charge in [-0.15, -0.1) is 0 Å². The van der Waals surface area contributed by atoms with E-state index in [2.05, 4.69) is 26.3 Å². The van der Waals surface area contributed by atoms with Crippen LogP contribution in [0, 0.1) is 0 Å². The number of benzene rings is 1. The van der Waals surface area contributed by atoms with Crippen LogP contribution in [0.25, 0.3) is 9.65 Å². The molecule has 2 aliphatic heterocycles. The number of carbonyl (C=O) groups excluding carboxylic acids is 1. The van der Waals surface area contributed by atoms with Gasteiger partial charge in [0, 0.05) is 0 Å². The molecule has 5 rings (SSSR count). The molecule has 1 aromatic carbocycles. The Bertz CT molecular complexity index is 1090. The van der Waals surface area contributed by atoms with Gasteiger partial charge >= 0.3 is 164 Å². The third-order valence-electron chi connectivity index (χ3n) is 5.58. The molecule has 2 fully saturated rings. The normalized spacial score (nSPS) is 17.9. The van der Waals surface area contributed by atoms with E-state index in [0.29, 0.717) is 19.8 Å². The van der Waals surface area contributed by atoms with Gasteiger partial charge in [0.25, 0.3) is 0 Å². The molecule has 0 unspecified atom stereocenters. The summed E-state index contributed by atoms with van der Waals surface area (Å²) in [5.74, 6) is 1.01. The second-order valence-electron chi connectivity index (χ2n) is 7.56. The molecular weight excluding hydrogens is 463 g/mol. The number of hydrogen-bond donors (Lipinski definition) is 1. The first-order valence-corrected chi connectivity index (χ1v) is 12.2. The van der Waals surface area contributed by atoms with Crippen molar-refractivity contribution in [2.24, 2.45) is 0 Å². The van der Waals surface area contributed by atoms with Crippen molar-refractivity contribution in [2.45, 2.75) is 25.6 Å². The first-order valence-electron chi connectivity index (χ1n) is 10.5. The van der Waals surface area contributed by atoms with E-state index in [0.717, 1.165) is 53.1 Å². The van der Waals surface area contributed by atoms with E-state index in [-0.39, 0.29) is 20.5 Å². The van der Waals surface area contributed by atoms with Crippen molar-refractivity contribution in [2.75, 3.05) is 43.1 Å². The van der Waals surface area contributed by atoms with E-state index in [9.17, 15) is 4.79 Å². The predicted molar refractivity (Wildman–Crippen MR) is 118 cm³/mol. The molecule has 0 atom stereocenters. The summed E-state index contributed by atoms with van der Waals surface area (Å²) in [6.07, 6.45) is 3.25. The van der Waals surface area contributed by atoms with Gasteiger partial charge in [-0.25, -0.2) is 0 Å². The zero-order chi connectivity index (χ0) is 21.3. The third kappa shape index (κ3) is 4.32. The molecule has 0 bridgehead atoms. The number of fused-ring (bicyclic) bond motifs is 1. The molecule has 0 aliphatic carbocycles. The molecule has 31 heavy (non-hydrogen) atoms.